The predicted octanol–water partition coefficient (Wildman–Crippen LogP) is 3.50. The van der Waals surface area contributed by atoms with Crippen LogP contribution in [0.4, 0.5) is 5.69 Å². The summed E-state index contributed by atoms with van der Waals surface area (Å²) in [6.07, 6.45) is 1.23. The largest absolute Gasteiger partial charge is 0.423 e. The molecule has 0 amide bonds. The molecule has 0 saturated heterocycles. The zero-order valence-electron chi connectivity index (χ0n) is 12.0. The van der Waals surface area contributed by atoms with Crippen LogP contribution < -0.4 is 4.72 Å². The van der Waals surface area contributed by atoms with Crippen LogP contribution in [-0.4, -0.2) is 18.6 Å². The first kappa shape index (κ1) is 15.5. The van der Waals surface area contributed by atoms with Crippen LogP contribution >= 0.6 is 11.6 Å². The van der Waals surface area contributed by atoms with Crippen molar-refractivity contribution in [3.63, 3.8) is 0 Å². The second-order valence-electron chi connectivity index (χ2n) is 4.81. The van der Waals surface area contributed by atoms with E-state index in [9.17, 15) is 8.42 Å². The van der Waals surface area contributed by atoms with E-state index in [2.05, 4.69) is 14.9 Å². The molecule has 0 fully saturated rings. The number of nitrogens with zero attached hydrogens (tertiary/aromatic N) is 2. The summed E-state index contributed by atoms with van der Waals surface area (Å²) in [5, 5.41) is 7.60. The highest BCUT2D eigenvalue weighted by Gasteiger charge is 2.18. The standard InChI is InChI=1S/C15H12ClN3O3S/c1-10-8-11(15-18-17-9-22-15)6-7-13(10)19-23(20,21)14-5-3-2-4-12(14)16/h2-9,19H,1H3. The first-order chi connectivity index (χ1) is 11.0. The van der Waals surface area contributed by atoms with Crippen LogP contribution in [-0.2, 0) is 10.0 Å². The maximum Gasteiger partial charge on any atom is 0.263 e. The molecule has 0 bridgehead atoms. The number of halogens is 1. The van der Waals surface area contributed by atoms with E-state index in [-0.39, 0.29) is 9.92 Å². The lowest BCUT2D eigenvalue weighted by atomic mass is 10.1. The van der Waals surface area contributed by atoms with Crippen molar-refractivity contribution in [1.82, 2.24) is 10.2 Å². The minimum atomic E-state index is -3.77. The Morgan fingerprint density at radius 3 is 2.61 bits per heavy atom. The molecule has 0 saturated carbocycles. The Morgan fingerprint density at radius 1 is 1.17 bits per heavy atom. The highest BCUT2D eigenvalue weighted by molar-refractivity contribution is 7.92. The van der Waals surface area contributed by atoms with Gasteiger partial charge in [-0.05, 0) is 42.8 Å². The summed E-state index contributed by atoms with van der Waals surface area (Å²) in [7, 11) is -3.77. The summed E-state index contributed by atoms with van der Waals surface area (Å²) in [6.45, 7) is 1.78. The van der Waals surface area contributed by atoms with Crippen LogP contribution in [0.25, 0.3) is 11.5 Å². The number of anilines is 1. The summed E-state index contributed by atoms with van der Waals surface area (Å²) in [6, 6.07) is 11.4. The molecule has 2 aromatic carbocycles. The molecule has 23 heavy (non-hydrogen) atoms. The lowest BCUT2D eigenvalue weighted by Gasteiger charge is -2.12. The normalized spacial score (nSPS) is 11.4. The summed E-state index contributed by atoms with van der Waals surface area (Å²) < 4.78 is 32.6. The number of aromatic nitrogens is 2. The number of hydrogen-bond donors (Lipinski definition) is 1. The van der Waals surface area contributed by atoms with E-state index in [1.807, 2.05) is 0 Å². The molecule has 0 unspecified atom stereocenters. The molecule has 0 aliphatic rings. The van der Waals surface area contributed by atoms with Gasteiger partial charge in [0.2, 0.25) is 12.3 Å². The third-order valence-electron chi connectivity index (χ3n) is 3.20. The van der Waals surface area contributed by atoms with Crippen LogP contribution in [0.2, 0.25) is 5.02 Å². The lowest BCUT2D eigenvalue weighted by molar-refractivity contribution is 0.568. The van der Waals surface area contributed by atoms with E-state index in [4.69, 9.17) is 16.0 Å². The second-order valence-corrected chi connectivity index (χ2v) is 6.87. The van der Waals surface area contributed by atoms with Gasteiger partial charge in [0.15, 0.2) is 0 Å². The SMILES string of the molecule is Cc1cc(-c2nnco2)ccc1NS(=O)(=O)c1ccccc1Cl. The zero-order chi connectivity index (χ0) is 16.4. The van der Waals surface area contributed by atoms with Crippen molar-refractivity contribution in [3.05, 3.63) is 59.4 Å². The van der Waals surface area contributed by atoms with Gasteiger partial charge in [0.1, 0.15) is 4.90 Å². The molecule has 118 valence electrons. The number of nitrogens with one attached hydrogen (secondary N) is 1. The first-order valence-corrected chi connectivity index (χ1v) is 8.48. The average Bonchev–Trinajstić information content (AvgIpc) is 3.04. The van der Waals surface area contributed by atoms with Crippen molar-refractivity contribution < 1.29 is 12.8 Å². The maximum absolute atomic E-state index is 12.5. The molecule has 3 aromatic rings. The summed E-state index contributed by atoms with van der Waals surface area (Å²) in [5.74, 6) is 0.369. The number of rotatable bonds is 4. The topological polar surface area (TPSA) is 85.1 Å². The summed E-state index contributed by atoms with van der Waals surface area (Å²) in [4.78, 5) is 0.0297. The quantitative estimate of drug-likeness (QED) is 0.779. The van der Waals surface area contributed by atoms with Gasteiger partial charge in [0, 0.05) is 5.56 Å². The summed E-state index contributed by atoms with van der Waals surface area (Å²) in [5.41, 5.74) is 1.88. The van der Waals surface area contributed by atoms with E-state index in [1.165, 1.54) is 18.5 Å². The van der Waals surface area contributed by atoms with Crippen molar-refractivity contribution >= 4 is 27.3 Å². The number of benzene rings is 2. The average molecular weight is 350 g/mol. The van der Waals surface area contributed by atoms with Gasteiger partial charge in [-0.2, -0.15) is 0 Å². The molecule has 3 rings (SSSR count). The third-order valence-corrected chi connectivity index (χ3v) is 5.07. The van der Waals surface area contributed by atoms with Crippen LogP contribution in [0.1, 0.15) is 5.56 Å². The van der Waals surface area contributed by atoms with Crippen LogP contribution in [0.5, 0.6) is 0 Å². The van der Waals surface area contributed by atoms with Crippen LogP contribution in [0.3, 0.4) is 0 Å². The van der Waals surface area contributed by atoms with Crippen LogP contribution in [0.15, 0.2) is 58.2 Å². The van der Waals surface area contributed by atoms with Gasteiger partial charge in [0.05, 0.1) is 10.7 Å². The van der Waals surface area contributed by atoms with Gasteiger partial charge in [-0.25, -0.2) is 8.42 Å². The van der Waals surface area contributed by atoms with E-state index < -0.39 is 10.0 Å². The Kier molecular flexibility index (Phi) is 4.06. The van der Waals surface area contributed by atoms with Gasteiger partial charge >= 0.3 is 0 Å². The highest BCUT2D eigenvalue weighted by atomic mass is 35.5. The molecule has 0 aliphatic carbocycles. The molecule has 8 heteroatoms. The Labute approximate surface area is 138 Å². The molecular formula is C15H12ClN3O3S. The minimum absolute atomic E-state index is 0.0297. The van der Waals surface area contributed by atoms with Gasteiger partial charge in [-0.1, -0.05) is 23.7 Å². The molecule has 0 radical (unpaired) electrons. The van der Waals surface area contributed by atoms with Crippen molar-refractivity contribution in [3.8, 4) is 11.5 Å². The molecule has 0 atom stereocenters. The number of hydrogen-bond acceptors (Lipinski definition) is 5. The lowest BCUT2D eigenvalue weighted by Crippen LogP contribution is -2.14. The Morgan fingerprint density at radius 2 is 1.96 bits per heavy atom. The predicted molar refractivity (Wildman–Crippen MR) is 86.7 cm³/mol. The Balaban J connectivity index is 1.93. The van der Waals surface area contributed by atoms with Crippen molar-refractivity contribution in [2.75, 3.05) is 4.72 Å². The van der Waals surface area contributed by atoms with E-state index in [0.29, 0.717) is 17.1 Å². The molecule has 0 spiro atoms. The molecular weight excluding hydrogens is 338 g/mol. The minimum Gasteiger partial charge on any atom is -0.423 e. The Bertz CT molecular complexity index is 940. The molecule has 0 aliphatic heterocycles. The number of aryl methyl sites for hydroxylation is 1. The molecule has 6 nitrogen and oxygen atoms in total. The third kappa shape index (κ3) is 3.20. The van der Waals surface area contributed by atoms with Gasteiger partial charge in [-0.3, -0.25) is 4.72 Å². The zero-order valence-corrected chi connectivity index (χ0v) is 13.6. The molecule has 1 aromatic heterocycles. The van der Waals surface area contributed by atoms with Gasteiger partial charge in [-0.15, -0.1) is 10.2 Å². The second kappa shape index (κ2) is 6.02. The molecule has 1 heterocycles. The molecule has 1 N–H and O–H groups in total. The van der Waals surface area contributed by atoms with Crippen LogP contribution in [0, 0.1) is 6.92 Å². The Hall–Kier alpha value is -2.38. The smallest absolute Gasteiger partial charge is 0.263 e. The maximum atomic E-state index is 12.5. The van der Waals surface area contributed by atoms with E-state index in [1.54, 1.807) is 37.3 Å². The fourth-order valence-electron chi connectivity index (χ4n) is 2.07. The summed E-state index contributed by atoms with van der Waals surface area (Å²) >= 11 is 5.96. The fraction of sp³-hybridized carbons (Fsp3) is 0.0667. The van der Waals surface area contributed by atoms with Crippen molar-refractivity contribution in [1.29, 1.82) is 0 Å². The van der Waals surface area contributed by atoms with Gasteiger partial charge < -0.3 is 4.42 Å². The fourth-order valence-corrected chi connectivity index (χ4v) is 3.72. The van der Waals surface area contributed by atoms with E-state index in [0.717, 1.165) is 5.56 Å². The number of sulfonamides is 1. The monoisotopic (exact) mass is 349 g/mol. The van der Waals surface area contributed by atoms with E-state index >= 15 is 0 Å². The highest BCUT2D eigenvalue weighted by Crippen LogP contribution is 2.27. The van der Waals surface area contributed by atoms with Gasteiger partial charge in [0.25, 0.3) is 10.0 Å². The van der Waals surface area contributed by atoms with Crippen molar-refractivity contribution in [2.24, 2.45) is 0 Å². The van der Waals surface area contributed by atoms with Crippen molar-refractivity contribution in [2.45, 2.75) is 11.8 Å². The first-order valence-electron chi connectivity index (χ1n) is 6.62.